The lowest BCUT2D eigenvalue weighted by Gasteiger charge is -2.39. The van der Waals surface area contributed by atoms with E-state index in [0.717, 1.165) is 11.1 Å². The Morgan fingerprint density at radius 2 is 1.60 bits per heavy atom. The summed E-state index contributed by atoms with van der Waals surface area (Å²) in [6.07, 6.45) is -0.638. The predicted octanol–water partition coefficient (Wildman–Crippen LogP) is 3.18. The van der Waals surface area contributed by atoms with Crippen LogP contribution < -0.4 is 5.32 Å². The van der Waals surface area contributed by atoms with Gasteiger partial charge >= 0.3 is 5.97 Å². The third kappa shape index (κ3) is 4.71. The van der Waals surface area contributed by atoms with Crippen LogP contribution in [0.1, 0.15) is 31.1 Å². The van der Waals surface area contributed by atoms with Crippen molar-refractivity contribution < 1.29 is 19.1 Å². The quantitative estimate of drug-likeness (QED) is 0.319. The van der Waals surface area contributed by atoms with Crippen molar-refractivity contribution in [1.82, 2.24) is 10.2 Å². The molecular weight excluding hydrogens is 404 g/mol. The van der Waals surface area contributed by atoms with Crippen LogP contribution in [0.5, 0.6) is 0 Å². The first kappa shape index (κ1) is 21.6. The van der Waals surface area contributed by atoms with Crippen molar-refractivity contribution in [3.63, 3.8) is 0 Å². The molecule has 1 heterocycles. The molecule has 1 saturated heterocycles. The van der Waals surface area contributed by atoms with Gasteiger partial charge in [0, 0.05) is 12.8 Å². The van der Waals surface area contributed by atoms with E-state index in [2.05, 4.69) is 5.32 Å². The lowest BCUT2D eigenvalue weighted by molar-refractivity contribution is -0.153. The zero-order valence-corrected chi connectivity index (χ0v) is 17.6. The summed E-state index contributed by atoms with van der Waals surface area (Å²) in [5.41, 5.74) is 2.27. The molecule has 1 fully saturated rings. The summed E-state index contributed by atoms with van der Waals surface area (Å²) in [7, 11) is 0. The third-order valence-corrected chi connectivity index (χ3v) is 5.21. The van der Waals surface area contributed by atoms with Crippen molar-refractivity contribution in [2.45, 2.75) is 26.0 Å². The molecule has 30 heavy (non-hydrogen) atoms. The second kappa shape index (κ2) is 9.59. The molecule has 1 atom stereocenters. The van der Waals surface area contributed by atoms with Gasteiger partial charge in [0.25, 0.3) is 5.91 Å². The Labute approximate surface area is 180 Å². The molecule has 2 aromatic rings. The number of β-lactam (4-membered cyclic amide) rings is 1. The number of carbonyl (C=O) groups excluding carboxylic acids is 3. The lowest BCUT2D eigenvalue weighted by atomic mass is 10.0. The van der Waals surface area contributed by atoms with Gasteiger partial charge in [-0.25, -0.2) is 4.79 Å². The number of rotatable bonds is 7. The molecule has 1 unspecified atom stereocenters. The Morgan fingerprint density at radius 3 is 2.03 bits per heavy atom. The molecule has 1 aliphatic heterocycles. The van der Waals surface area contributed by atoms with Gasteiger partial charge in [0.05, 0.1) is 6.54 Å². The van der Waals surface area contributed by atoms with E-state index in [0.29, 0.717) is 5.57 Å². The number of alkyl halides is 1. The maximum absolute atomic E-state index is 13.2. The molecule has 0 aromatic heterocycles. The van der Waals surface area contributed by atoms with E-state index in [9.17, 15) is 14.4 Å². The van der Waals surface area contributed by atoms with Gasteiger partial charge in [-0.2, -0.15) is 0 Å². The molecule has 1 aliphatic rings. The average molecular weight is 427 g/mol. The van der Waals surface area contributed by atoms with Crippen LogP contribution in [0.4, 0.5) is 0 Å². The topological polar surface area (TPSA) is 75.7 Å². The fourth-order valence-electron chi connectivity index (χ4n) is 3.31. The normalized spacial score (nSPS) is 16.6. The molecule has 2 amide bonds. The van der Waals surface area contributed by atoms with Gasteiger partial charge in [0.2, 0.25) is 5.91 Å². The van der Waals surface area contributed by atoms with Crippen LogP contribution in [0.2, 0.25) is 0 Å². The highest BCUT2D eigenvalue weighted by Crippen LogP contribution is 2.29. The number of carbonyl (C=O) groups is 3. The van der Waals surface area contributed by atoms with Crippen LogP contribution >= 0.6 is 11.6 Å². The molecular formula is C23H23ClN2O4. The molecule has 0 aliphatic carbocycles. The van der Waals surface area contributed by atoms with Gasteiger partial charge < -0.3 is 15.0 Å². The Bertz CT molecular complexity index is 920. The van der Waals surface area contributed by atoms with Crippen LogP contribution in [0.3, 0.4) is 0 Å². The minimum Gasteiger partial charge on any atom is -0.448 e. The Hall–Kier alpha value is -3.12. The van der Waals surface area contributed by atoms with E-state index < -0.39 is 18.1 Å². The molecule has 0 saturated carbocycles. The molecule has 2 aromatic carbocycles. The number of esters is 1. The van der Waals surface area contributed by atoms with Crippen molar-refractivity contribution in [2.75, 3.05) is 12.4 Å². The zero-order valence-electron chi connectivity index (χ0n) is 16.8. The van der Waals surface area contributed by atoms with Crippen LogP contribution in [0.15, 0.2) is 71.9 Å². The molecule has 6 nitrogen and oxygen atoms in total. The highest BCUT2D eigenvalue weighted by Gasteiger charge is 2.42. The number of amides is 2. The van der Waals surface area contributed by atoms with Gasteiger partial charge in [0.15, 0.2) is 6.10 Å². The summed E-state index contributed by atoms with van der Waals surface area (Å²) < 4.78 is 5.89. The van der Waals surface area contributed by atoms with Gasteiger partial charge in [-0.05, 0) is 23.6 Å². The van der Waals surface area contributed by atoms with Crippen LogP contribution in [0.25, 0.3) is 0 Å². The minimum absolute atomic E-state index is 0.0698. The van der Waals surface area contributed by atoms with E-state index in [-0.39, 0.29) is 29.9 Å². The van der Waals surface area contributed by atoms with Gasteiger partial charge in [-0.3, -0.25) is 9.59 Å². The highest BCUT2D eigenvalue weighted by molar-refractivity contribution is 6.20. The van der Waals surface area contributed by atoms with E-state index in [1.54, 1.807) is 6.92 Å². The summed E-state index contributed by atoms with van der Waals surface area (Å²) in [6.45, 7) is 3.22. The number of benzene rings is 2. The largest absolute Gasteiger partial charge is 0.448 e. The Morgan fingerprint density at radius 1 is 1.07 bits per heavy atom. The second-order valence-corrected chi connectivity index (χ2v) is 7.34. The van der Waals surface area contributed by atoms with E-state index >= 15 is 0 Å². The fourth-order valence-corrected chi connectivity index (χ4v) is 3.43. The number of hydrogen-bond donors (Lipinski definition) is 1. The van der Waals surface area contributed by atoms with Crippen molar-refractivity contribution in [1.29, 1.82) is 0 Å². The van der Waals surface area contributed by atoms with Crippen molar-refractivity contribution in [2.24, 2.45) is 0 Å². The van der Waals surface area contributed by atoms with Gasteiger partial charge in [0.1, 0.15) is 11.7 Å². The first-order chi connectivity index (χ1) is 14.4. The van der Waals surface area contributed by atoms with Crippen LogP contribution in [-0.2, 0) is 19.1 Å². The van der Waals surface area contributed by atoms with E-state index in [1.165, 1.54) is 11.8 Å². The maximum Gasteiger partial charge on any atom is 0.355 e. The number of hydrogen-bond acceptors (Lipinski definition) is 4. The summed E-state index contributed by atoms with van der Waals surface area (Å²) >= 11 is 5.98. The molecule has 0 bridgehead atoms. The van der Waals surface area contributed by atoms with Crippen molar-refractivity contribution in [3.05, 3.63) is 83.1 Å². The molecule has 156 valence electrons. The summed E-state index contributed by atoms with van der Waals surface area (Å²) in [5.74, 6) is -1.23. The first-order valence-electron chi connectivity index (χ1n) is 9.57. The predicted molar refractivity (Wildman–Crippen MR) is 114 cm³/mol. The smallest absolute Gasteiger partial charge is 0.355 e. The SMILES string of the molecule is CC(=O)NC1CN(C(C(=O)OC(c2ccccc2)c2ccccc2)=C(C)CCl)C1=O. The standard InChI is InChI=1S/C23H23ClN2O4/c1-15(13-24)20(26-14-19(22(26)28)25-16(2)27)23(29)30-21(17-9-5-3-6-10-17)18-11-7-4-8-12-18/h3-12,19,21H,13-14H2,1-2H3,(H,25,27). The van der Waals surface area contributed by atoms with Gasteiger partial charge in [-0.1, -0.05) is 60.7 Å². The van der Waals surface area contributed by atoms with Crippen molar-refractivity contribution in [3.8, 4) is 0 Å². The number of allylic oxidation sites excluding steroid dienone is 1. The fraction of sp³-hybridized carbons (Fsp3) is 0.261. The molecule has 3 rings (SSSR count). The minimum atomic E-state index is -0.646. The summed E-state index contributed by atoms with van der Waals surface area (Å²) in [5, 5.41) is 2.56. The molecule has 7 heteroatoms. The Kier molecular flexibility index (Phi) is 6.90. The number of ether oxygens (including phenoxy) is 1. The van der Waals surface area contributed by atoms with E-state index in [4.69, 9.17) is 16.3 Å². The Balaban J connectivity index is 1.87. The van der Waals surface area contributed by atoms with Crippen molar-refractivity contribution >= 4 is 29.4 Å². The maximum atomic E-state index is 13.2. The molecule has 0 radical (unpaired) electrons. The lowest BCUT2D eigenvalue weighted by Crippen LogP contribution is -2.63. The van der Waals surface area contributed by atoms with Crippen LogP contribution in [0, 0.1) is 0 Å². The second-order valence-electron chi connectivity index (χ2n) is 7.07. The number of nitrogens with zero attached hydrogens (tertiary/aromatic N) is 1. The number of likely N-dealkylation sites (tertiary alicyclic amines) is 1. The van der Waals surface area contributed by atoms with Gasteiger partial charge in [-0.15, -0.1) is 11.6 Å². The highest BCUT2D eigenvalue weighted by atomic mass is 35.5. The molecule has 1 N–H and O–H groups in total. The average Bonchev–Trinajstić information content (AvgIpc) is 2.77. The summed E-state index contributed by atoms with van der Waals surface area (Å²) in [6, 6.07) is 18.1. The zero-order chi connectivity index (χ0) is 21.7. The van der Waals surface area contributed by atoms with E-state index in [1.807, 2.05) is 60.7 Å². The van der Waals surface area contributed by atoms with Crippen LogP contribution in [-0.4, -0.2) is 41.2 Å². The molecule has 0 spiro atoms. The summed E-state index contributed by atoms with van der Waals surface area (Å²) in [4.78, 5) is 38.3. The number of halogens is 1. The third-order valence-electron chi connectivity index (χ3n) is 4.80. The monoisotopic (exact) mass is 426 g/mol. The first-order valence-corrected chi connectivity index (χ1v) is 10.1. The number of nitrogens with one attached hydrogen (secondary N) is 1.